The minimum atomic E-state index is -0.464. The van der Waals surface area contributed by atoms with E-state index in [1.807, 2.05) is 18.2 Å². The van der Waals surface area contributed by atoms with Gasteiger partial charge in [-0.2, -0.15) is 0 Å². The maximum atomic E-state index is 13.8. The first kappa shape index (κ1) is 18.8. The van der Waals surface area contributed by atoms with Crippen LogP contribution in [-0.2, 0) is 22.7 Å². The molecule has 27 heavy (non-hydrogen) atoms. The van der Waals surface area contributed by atoms with Gasteiger partial charge in [-0.15, -0.1) is 0 Å². The zero-order chi connectivity index (χ0) is 19.4. The van der Waals surface area contributed by atoms with Gasteiger partial charge in [0.15, 0.2) is 11.6 Å². The third-order valence-corrected chi connectivity index (χ3v) is 4.65. The van der Waals surface area contributed by atoms with Crippen LogP contribution in [0.5, 0.6) is 5.75 Å². The van der Waals surface area contributed by atoms with E-state index in [9.17, 15) is 14.0 Å². The van der Waals surface area contributed by atoms with Gasteiger partial charge in [0.2, 0.25) is 11.8 Å². The van der Waals surface area contributed by atoms with Gasteiger partial charge >= 0.3 is 0 Å². The monoisotopic (exact) mass is 371 g/mol. The fraction of sp³-hybridized carbons (Fsp3) is 0.350. The number of methoxy groups -OCH3 is 1. The van der Waals surface area contributed by atoms with E-state index >= 15 is 0 Å². The highest BCUT2D eigenvalue weighted by Crippen LogP contribution is 2.23. The number of ether oxygens (including phenoxy) is 1. The molecule has 2 aromatic rings. The van der Waals surface area contributed by atoms with Crippen molar-refractivity contribution in [1.82, 2.24) is 14.8 Å². The zero-order valence-corrected chi connectivity index (χ0v) is 15.4. The van der Waals surface area contributed by atoms with E-state index in [-0.39, 0.29) is 30.5 Å². The summed E-state index contributed by atoms with van der Waals surface area (Å²) in [5.41, 5.74) is 1.46. The first-order valence-corrected chi connectivity index (χ1v) is 8.73. The molecule has 3 rings (SSSR count). The van der Waals surface area contributed by atoms with Crippen LogP contribution in [0.3, 0.4) is 0 Å². The van der Waals surface area contributed by atoms with E-state index in [1.165, 1.54) is 24.1 Å². The second kappa shape index (κ2) is 8.16. The number of carbonyl (C=O) groups excluding carboxylic acids is 2. The fourth-order valence-corrected chi connectivity index (χ4v) is 3.25. The summed E-state index contributed by atoms with van der Waals surface area (Å²) in [4.78, 5) is 32.4. The number of nitrogens with zero attached hydrogens (tertiary/aromatic N) is 3. The standard InChI is InChI=1S/C20H22FN3O3/c1-23(11-14-6-7-18(27-2)17(21)9-14)20(26)15-10-19(25)24(12-15)13-16-5-3-4-8-22-16/h3-9,15H,10-13H2,1-2H3/t15-/m0/s1. The number of benzene rings is 1. The van der Waals surface area contributed by atoms with Gasteiger partial charge in [0.1, 0.15) is 0 Å². The molecule has 0 saturated carbocycles. The minimum Gasteiger partial charge on any atom is -0.494 e. The number of likely N-dealkylation sites (tertiary alicyclic amines) is 1. The highest BCUT2D eigenvalue weighted by atomic mass is 19.1. The summed E-state index contributed by atoms with van der Waals surface area (Å²) >= 11 is 0. The summed E-state index contributed by atoms with van der Waals surface area (Å²) in [5, 5.41) is 0. The van der Waals surface area contributed by atoms with Crippen molar-refractivity contribution in [1.29, 1.82) is 0 Å². The number of amides is 2. The van der Waals surface area contributed by atoms with Crippen molar-refractivity contribution < 1.29 is 18.7 Å². The molecule has 6 nitrogen and oxygen atoms in total. The number of halogens is 1. The Morgan fingerprint density at radius 2 is 2.19 bits per heavy atom. The lowest BCUT2D eigenvalue weighted by molar-refractivity contribution is -0.135. The predicted molar refractivity (Wildman–Crippen MR) is 97.2 cm³/mol. The van der Waals surface area contributed by atoms with Crippen LogP contribution < -0.4 is 4.74 Å². The van der Waals surface area contributed by atoms with Gasteiger partial charge in [0, 0.05) is 32.8 Å². The van der Waals surface area contributed by atoms with E-state index in [0.717, 1.165) is 5.69 Å². The largest absolute Gasteiger partial charge is 0.494 e. The smallest absolute Gasteiger partial charge is 0.228 e. The van der Waals surface area contributed by atoms with Gasteiger partial charge in [-0.1, -0.05) is 12.1 Å². The van der Waals surface area contributed by atoms with Crippen LogP contribution in [0.2, 0.25) is 0 Å². The Bertz CT molecular complexity index is 828. The number of carbonyl (C=O) groups is 2. The van der Waals surface area contributed by atoms with Crippen LogP contribution in [-0.4, -0.2) is 47.3 Å². The topological polar surface area (TPSA) is 62.7 Å². The molecule has 0 radical (unpaired) electrons. The fourth-order valence-electron chi connectivity index (χ4n) is 3.25. The Morgan fingerprint density at radius 1 is 1.37 bits per heavy atom. The molecule has 1 atom stereocenters. The third-order valence-electron chi connectivity index (χ3n) is 4.65. The average molecular weight is 371 g/mol. The van der Waals surface area contributed by atoms with Crippen molar-refractivity contribution in [3.8, 4) is 5.75 Å². The van der Waals surface area contributed by atoms with Gasteiger partial charge in [-0.05, 0) is 29.8 Å². The molecular formula is C20H22FN3O3. The minimum absolute atomic E-state index is 0.0529. The van der Waals surface area contributed by atoms with Crippen LogP contribution in [0, 0.1) is 11.7 Å². The Labute approximate surface area is 157 Å². The van der Waals surface area contributed by atoms with E-state index in [2.05, 4.69) is 4.98 Å². The molecule has 2 amide bonds. The van der Waals surface area contributed by atoms with Gasteiger partial charge in [0.05, 0.1) is 25.3 Å². The highest BCUT2D eigenvalue weighted by molar-refractivity contribution is 5.89. The normalized spacial score (nSPS) is 16.5. The molecule has 1 aliphatic rings. The van der Waals surface area contributed by atoms with Gasteiger partial charge < -0.3 is 14.5 Å². The van der Waals surface area contributed by atoms with Crippen LogP contribution in [0.1, 0.15) is 17.7 Å². The molecule has 0 spiro atoms. The number of pyridine rings is 1. The number of rotatable bonds is 6. The molecule has 7 heteroatoms. The van der Waals surface area contributed by atoms with Crippen molar-refractivity contribution >= 4 is 11.8 Å². The molecule has 2 heterocycles. The quantitative estimate of drug-likeness (QED) is 0.781. The molecule has 0 aliphatic carbocycles. The SMILES string of the molecule is COc1ccc(CN(C)C(=O)[C@H]2CC(=O)N(Cc3ccccn3)C2)cc1F. The van der Waals surface area contributed by atoms with E-state index in [4.69, 9.17) is 4.74 Å². The molecule has 0 unspecified atom stereocenters. The first-order chi connectivity index (χ1) is 13.0. The van der Waals surface area contributed by atoms with Gasteiger partial charge in [-0.3, -0.25) is 14.6 Å². The predicted octanol–water partition coefficient (Wildman–Crippen LogP) is 2.24. The summed E-state index contributed by atoms with van der Waals surface area (Å²) in [6, 6.07) is 10.2. The lowest BCUT2D eigenvalue weighted by atomic mass is 10.1. The van der Waals surface area contributed by atoms with Crippen LogP contribution in [0.25, 0.3) is 0 Å². The van der Waals surface area contributed by atoms with Crippen LogP contribution in [0.15, 0.2) is 42.6 Å². The number of aromatic nitrogens is 1. The molecule has 1 aliphatic heterocycles. The second-order valence-corrected chi connectivity index (χ2v) is 6.66. The average Bonchev–Trinajstić information content (AvgIpc) is 3.02. The Balaban J connectivity index is 1.60. The van der Waals surface area contributed by atoms with Crippen LogP contribution >= 0.6 is 0 Å². The van der Waals surface area contributed by atoms with Crippen molar-refractivity contribution in [2.45, 2.75) is 19.5 Å². The van der Waals surface area contributed by atoms with Gasteiger partial charge in [-0.25, -0.2) is 4.39 Å². The maximum absolute atomic E-state index is 13.8. The van der Waals surface area contributed by atoms with Gasteiger partial charge in [0.25, 0.3) is 0 Å². The molecule has 1 aromatic heterocycles. The van der Waals surface area contributed by atoms with E-state index in [1.54, 1.807) is 24.2 Å². The molecule has 1 aromatic carbocycles. The Hall–Kier alpha value is -2.96. The highest BCUT2D eigenvalue weighted by Gasteiger charge is 2.35. The lowest BCUT2D eigenvalue weighted by Crippen LogP contribution is -2.34. The summed E-state index contributed by atoms with van der Waals surface area (Å²) in [7, 11) is 3.07. The first-order valence-electron chi connectivity index (χ1n) is 8.73. The molecule has 1 saturated heterocycles. The Kier molecular flexibility index (Phi) is 5.69. The Morgan fingerprint density at radius 3 is 2.85 bits per heavy atom. The third kappa shape index (κ3) is 4.42. The van der Waals surface area contributed by atoms with E-state index < -0.39 is 11.7 Å². The zero-order valence-electron chi connectivity index (χ0n) is 15.4. The molecule has 0 N–H and O–H groups in total. The lowest BCUT2D eigenvalue weighted by Gasteiger charge is -2.21. The summed E-state index contributed by atoms with van der Waals surface area (Å²) in [5.74, 6) is -0.868. The van der Waals surface area contributed by atoms with Crippen molar-refractivity contribution in [2.24, 2.45) is 5.92 Å². The molecule has 142 valence electrons. The van der Waals surface area contributed by atoms with E-state index in [0.29, 0.717) is 18.7 Å². The summed E-state index contributed by atoms with van der Waals surface area (Å²) in [6.45, 7) is 1.04. The second-order valence-electron chi connectivity index (χ2n) is 6.66. The van der Waals surface area contributed by atoms with Crippen molar-refractivity contribution in [3.63, 3.8) is 0 Å². The maximum Gasteiger partial charge on any atom is 0.228 e. The van der Waals surface area contributed by atoms with Crippen molar-refractivity contribution in [3.05, 3.63) is 59.7 Å². The summed E-state index contributed by atoms with van der Waals surface area (Å²) in [6.07, 6.45) is 1.87. The van der Waals surface area contributed by atoms with Crippen molar-refractivity contribution in [2.75, 3.05) is 20.7 Å². The molecule has 1 fully saturated rings. The molecular weight excluding hydrogens is 349 g/mol. The number of hydrogen-bond acceptors (Lipinski definition) is 4. The number of hydrogen-bond donors (Lipinski definition) is 0. The molecule has 0 bridgehead atoms. The summed E-state index contributed by atoms with van der Waals surface area (Å²) < 4.78 is 18.7. The van der Waals surface area contributed by atoms with Crippen LogP contribution in [0.4, 0.5) is 4.39 Å².